The second-order valence-electron chi connectivity index (χ2n) is 6.66. The Hall–Kier alpha value is -1.98. The quantitative estimate of drug-likeness (QED) is 0.655. The monoisotopic (exact) mass is 418 g/mol. The molecule has 2 amide bonds. The summed E-state index contributed by atoms with van der Waals surface area (Å²) in [6, 6.07) is 15.1. The summed E-state index contributed by atoms with van der Waals surface area (Å²) in [4.78, 5) is 26.9. The topological polar surface area (TPSA) is 49.4 Å². The predicted molar refractivity (Wildman–Crippen MR) is 117 cm³/mol. The zero-order valence-corrected chi connectivity index (χ0v) is 18.1. The third-order valence-corrected chi connectivity index (χ3v) is 5.77. The van der Waals surface area contributed by atoms with Gasteiger partial charge in [-0.25, -0.2) is 0 Å². The average molecular weight is 419 g/mol. The molecule has 1 N–H and O–H groups in total. The number of halogens is 1. The van der Waals surface area contributed by atoms with E-state index in [1.54, 1.807) is 11.8 Å². The van der Waals surface area contributed by atoms with E-state index in [2.05, 4.69) is 5.32 Å². The molecule has 1 atom stereocenters. The van der Waals surface area contributed by atoms with Gasteiger partial charge in [-0.1, -0.05) is 59.6 Å². The van der Waals surface area contributed by atoms with Crippen molar-refractivity contribution in [2.75, 3.05) is 12.3 Å². The molecule has 2 rings (SSSR count). The van der Waals surface area contributed by atoms with Gasteiger partial charge in [-0.3, -0.25) is 9.59 Å². The number of hydrogen-bond acceptors (Lipinski definition) is 3. The van der Waals surface area contributed by atoms with E-state index in [0.29, 0.717) is 29.6 Å². The number of thioether (sulfide) groups is 1. The predicted octanol–water partition coefficient (Wildman–Crippen LogP) is 4.44. The highest BCUT2D eigenvalue weighted by Crippen LogP contribution is 2.21. The summed E-state index contributed by atoms with van der Waals surface area (Å²) in [6.45, 7) is 6.61. The summed E-state index contributed by atoms with van der Waals surface area (Å²) in [7, 11) is 0. The number of hydrogen-bond donors (Lipinski definition) is 1. The van der Waals surface area contributed by atoms with E-state index < -0.39 is 6.04 Å². The van der Waals surface area contributed by atoms with Gasteiger partial charge in [-0.15, -0.1) is 11.8 Å². The van der Waals surface area contributed by atoms with Crippen molar-refractivity contribution in [2.45, 2.75) is 39.1 Å². The van der Waals surface area contributed by atoms with Crippen LogP contribution in [-0.2, 0) is 21.9 Å². The second-order valence-corrected chi connectivity index (χ2v) is 8.05. The highest BCUT2D eigenvalue weighted by atomic mass is 35.5. The number of rotatable bonds is 9. The van der Waals surface area contributed by atoms with Crippen LogP contribution in [0.3, 0.4) is 0 Å². The number of aryl methyl sites for hydroxylation is 1. The maximum Gasteiger partial charge on any atom is 0.242 e. The van der Waals surface area contributed by atoms with Crippen molar-refractivity contribution >= 4 is 35.2 Å². The Kier molecular flexibility index (Phi) is 8.87. The second kappa shape index (κ2) is 11.1. The van der Waals surface area contributed by atoms with E-state index in [9.17, 15) is 9.59 Å². The maximum absolute atomic E-state index is 12.9. The first-order chi connectivity index (χ1) is 13.4. The van der Waals surface area contributed by atoms with Crippen LogP contribution in [0.2, 0.25) is 5.02 Å². The van der Waals surface area contributed by atoms with Gasteiger partial charge in [-0.2, -0.15) is 0 Å². The minimum absolute atomic E-state index is 0.0589. The van der Waals surface area contributed by atoms with Crippen LogP contribution in [0, 0.1) is 6.92 Å². The molecular formula is C22H27ClN2O2S. The molecule has 0 heterocycles. The van der Waals surface area contributed by atoms with Crippen molar-refractivity contribution in [3.63, 3.8) is 0 Å². The number of amides is 2. The smallest absolute Gasteiger partial charge is 0.242 e. The van der Waals surface area contributed by atoms with Gasteiger partial charge in [-0.05, 0) is 38.0 Å². The van der Waals surface area contributed by atoms with Crippen LogP contribution in [0.25, 0.3) is 0 Å². The normalized spacial score (nSPS) is 11.7. The molecule has 1 unspecified atom stereocenters. The highest BCUT2D eigenvalue weighted by Gasteiger charge is 2.25. The van der Waals surface area contributed by atoms with E-state index >= 15 is 0 Å². The van der Waals surface area contributed by atoms with Gasteiger partial charge in [0.1, 0.15) is 6.04 Å². The molecule has 6 heteroatoms. The summed E-state index contributed by atoms with van der Waals surface area (Å²) < 4.78 is 0. The molecule has 0 aliphatic carbocycles. The molecular weight excluding hydrogens is 392 g/mol. The fraction of sp³-hybridized carbons (Fsp3) is 0.364. The van der Waals surface area contributed by atoms with Crippen molar-refractivity contribution in [2.24, 2.45) is 0 Å². The van der Waals surface area contributed by atoms with Crippen molar-refractivity contribution in [1.29, 1.82) is 0 Å². The Bertz CT molecular complexity index is 795. The molecule has 0 bridgehead atoms. The molecule has 2 aromatic rings. The zero-order valence-electron chi connectivity index (χ0n) is 16.6. The van der Waals surface area contributed by atoms with Crippen LogP contribution in [0.1, 0.15) is 30.5 Å². The molecule has 0 saturated carbocycles. The fourth-order valence-electron chi connectivity index (χ4n) is 2.74. The van der Waals surface area contributed by atoms with Crippen molar-refractivity contribution in [1.82, 2.24) is 10.2 Å². The molecule has 0 saturated heterocycles. The lowest BCUT2D eigenvalue weighted by molar-refractivity contribution is -0.138. The zero-order chi connectivity index (χ0) is 20.5. The molecule has 2 aromatic carbocycles. The Balaban J connectivity index is 2.05. The lowest BCUT2D eigenvalue weighted by atomic mass is 10.1. The Morgan fingerprint density at radius 3 is 2.46 bits per heavy atom. The van der Waals surface area contributed by atoms with E-state index in [0.717, 1.165) is 16.7 Å². The first-order valence-electron chi connectivity index (χ1n) is 9.36. The van der Waals surface area contributed by atoms with E-state index in [-0.39, 0.29) is 11.8 Å². The first kappa shape index (κ1) is 22.3. The lowest BCUT2D eigenvalue weighted by Gasteiger charge is -2.28. The van der Waals surface area contributed by atoms with E-state index in [1.807, 2.05) is 62.4 Å². The van der Waals surface area contributed by atoms with Gasteiger partial charge in [0.2, 0.25) is 11.8 Å². The van der Waals surface area contributed by atoms with Crippen LogP contribution in [-0.4, -0.2) is 35.1 Å². The van der Waals surface area contributed by atoms with Gasteiger partial charge >= 0.3 is 0 Å². The molecule has 28 heavy (non-hydrogen) atoms. The number of nitrogens with one attached hydrogen (secondary N) is 1. The van der Waals surface area contributed by atoms with Crippen LogP contribution in [0.5, 0.6) is 0 Å². The lowest BCUT2D eigenvalue weighted by Crippen LogP contribution is -2.48. The third kappa shape index (κ3) is 6.57. The Labute approximate surface area is 176 Å². The van der Waals surface area contributed by atoms with Crippen LogP contribution < -0.4 is 5.32 Å². The van der Waals surface area contributed by atoms with Gasteiger partial charge in [0, 0.05) is 23.9 Å². The first-order valence-corrected chi connectivity index (χ1v) is 10.9. The molecule has 0 aromatic heterocycles. The minimum atomic E-state index is -0.533. The molecule has 0 spiro atoms. The summed E-state index contributed by atoms with van der Waals surface area (Å²) in [5.74, 6) is 0.746. The van der Waals surface area contributed by atoms with Crippen LogP contribution in [0.15, 0.2) is 48.5 Å². The summed E-state index contributed by atoms with van der Waals surface area (Å²) >= 11 is 7.69. The van der Waals surface area contributed by atoms with Crippen LogP contribution in [0.4, 0.5) is 0 Å². The molecule has 0 aliphatic heterocycles. The number of carbonyl (C=O) groups is 2. The van der Waals surface area contributed by atoms with Gasteiger partial charge in [0.15, 0.2) is 0 Å². The minimum Gasteiger partial charge on any atom is -0.355 e. The number of benzene rings is 2. The number of carbonyl (C=O) groups excluding carboxylic acids is 2. The molecule has 0 radical (unpaired) electrons. The fourth-order valence-corrected chi connectivity index (χ4v) is 3.94. The average Bonchev–Trinajstić information content (AvgIpc) is 2.68. The van der Waals surface area contributed by atoms with Crippen molar-refractivity contribution in [3.8, 4) is 0 Å². The van der Waals surface area contributed by atoms with E-state index in [4.69, 9.17) is 11.6 Å². The van der Waals surface area contributed by atoms with Gasteiger partial charge in [0.05, 0.1) is 5.75 Å². The third-order valence-electron chi connectivity index (χ3n) is 4.43. The summed E-state index contributed by atoms with van der Waals surface area (Å²) in [5.41, 5.74) is 3.17. The van der Waals surface area contributed by atoms with E-state index in [1.165, 1.54) is 11.8 Å². The number of nitrogens with zero attached hydrogens (tertiary/aromatic N) is 1. The standard InChI is InChI=1S/C22H27ClN2O2S/c1-4-24-22(27)17(3)25(13-18-11-9-16(2)10-12-18)21(26)15-28-14-19-7-5-6-8-20(19)23/h5-12,17H,4,13-15H2,1-3H3,(H,24,27). The van der Waals surface area contributed by atoms with Crippen molar-refractivity contribution in [3.05, 3.63) is 70.2 Å². The van der Waals surface area contributed by atoms with Crippen molar-refractivity contribution < 1.29 is 9.59 Å². The molecule has 0 aliphatic rings. The summed E-state index contributed by atoms with van der Waals surface area (Å²) in [6.07, 6.45) is 0. The molecule has 0 fully saturated rings. The maximum atomic E-state index is 12.9. The highest BCUT2D eigenvalue weighted by molar-refractivity contribution is 7.99. The summed E-state index contributed by atoms with van der Waals surface area (Å²) in [5, 5.41) is 3.51. The SMILES string of the molecule is CCNC(=O)C(C)N(Cc1ccc(C)cc1)C(=O)CSCc1ccccc1Cl. The Morgan fingerprint density at radius 2 is 1.82 bits per heavy atom. The Morgan fingerprint density at radius 1 is 1.14 bits per heavy atom. The van der Waals surface area contributed by atoms with Crippen LogP contribution >= 0.6 is 23.4 Å². The molecule has 4 nitrogen and oxygen atoms in total. The molecule has 150 valence electrons. The largest absolute Gasteiger partial charge is 0.355 e. The number of likely N-dealkylation sites (N-methyl/N-ethyl adjacent to an activating group) is 1. The van der Waals surface area contributed by atoms with Gasteiger partial charge < -0.3 is 10.2 Å². The van der Waals surface area contributed by atoms with Gasteiger partial charge in [0.25, 0.3) is 0 Å².